The van der Waals surface area contributed by atoms with E-state index in [9.17, 15) is 14.4 Å². The lowest BCUT2D eigenvalue weighted by atomic mass is 10.0. The van der Waals surface area contributed by atoms with Gasteiger partial charge in [0.2, 0.25) is 11.8 Å². The zero-order valence-electron chi connectivity index (χ0n) is 23.6. The molecule has 1 aliphatic heterocycles. The number of carbonyl (C=O) groups is 3. The molecular formula is C32H32BrN5O4. The van der Waals surface area contributed by atoms with Gasteiger partial charge >= 0.3 is 0 Å². The summed E-state index contributed by atoms with van der Waals surface area (Å²) in [4.78, 5) is 48.6. The van der Waals surface area contributed by atoms with E-state index < -0.39 is 12.1 Å². The summed E-state index contributed by atoms with van der Waals surface area (Å²) in [5, 5.41) is 7.71. The van der Waals surface area contributed by atoms with E-state index in [2.05, 4.69) is 31.5 Å². The summed E-state index contributed by atoms with van der Waals surface area (Å²) in [7, 11) is 3.28. The second-order valence-corrected chi connectivity index (χ2v) is 11.0. The number of aromatic nitrogens is 1. The molecule has 0 saturated heterocycles. The number of ether oxygens (including phenoxy) is 1. The van der Waals surface area contributed by atoms with Gasteiger partial charge in [-0.25, -0.2) is 0 Å². The first-order chi connectivity index (χ1) is 20.3. The fraction of sp³-hybridized carbons (Fsp3) is 0.250. The number of anilines is 2. The van der Waals surface area contributed by atoms with Crippen LogP contribution in [0.15, 0.2) is 83.6 Å². The third-order valence-electron chi connectivity index (χ3n) is 7.53. The number of nitrogens with one attached hydrogen (secondary N) is 2. The quantitative estimate of drug-likeness (QED) is 0.302. The molecule has 9 nitrogen and oxygen atoms in total. The molecule has 0 aliphatic carbocycles. The highest BCUT2D eigenvalue weighted by Crippen LogP contribution is 2.38. The number of pyridine rings is 1. The number of benzene rings is 3. The Hall–Kier alpha value is -4.28. The van der Waals surface area contributed by atoms with E-state index >= 15 is 0 Å². The van der Waals surface area contributed by atoms with E-state index in [4.69, 9.17) is 4.74 Å². The number of fused-ring (bicyclic) bond motifs is 2. The van der Waals surface area contributed by atoms with Gasteiger partial charge in [0.25, 0.3) is 5.91 Å². The van der Waals surface area contributed by atoms with Crippen molar-refractivity contribution in [1.82, 2.24) is 15.6 Å². The van der Waals surface area contributed by atoms with Crippen molar-refractivity contribution in [2.45, 2.75) is 32.0 Å². The summed E-state index contributed by atoms with van der Waals surface area (Å²) in [5.41, 5.74) is 2.71. The molecule has 10 heteroatoms. The lowest BCUT2D eigenvalue weighted by Gasteiger charge is -2.27. The van der Waals surface area contributed by atoms with Crippen LogP contribution in [0.5, 0.6) is 5.75 Å². The molecule has 0 radical (unpaired) electrons. The van der Waals surface area contributed by atoms with Crippen molar-refractivity contribution in [3.63, 3.8) is 0 Å². The molecule has 2 heterocycles. The third kappa shape index (κ3) is 5.86. The van der Waals surface area contributed by atoms with Crippen LogP contribution in [0.1, 0.15) is 18.1 Å². The molecule has 1 aliphatic rings. The minimum absolute atomic E-state index is 0.0220. The van der Waals surface area contributed by atoms with Gasteiger partial charge < -0.3 is 25.2 Å². The Kier molecular flexibility index (Phi) is 8.84. The molecule has 3 aromatic carbocycles. The van der Waals surface area contributed by atoms with Crippen molar-refractivity contribution in [1.29, 1.82) is 0 Å². The summed E-state index contributed by atoms with van der Waals surface area (Å²) in [6.45, 7) is 1.85. The first-order valence-corrected chi connectivity index (χ1v) is 14.4. The predicted octanol–water partition coefficient (Wildman–Crippen LogP) is 4.22. The molecule has 0 bridgehead atoms. The van der Waals surface area contributed by atoms with E-state index in [0.717, 1.165) is 26.4 Å². The second-order valence-electron chi connectivity index (χ2n) is 10.1. The van der Waals surface area contributed by atoms with Gasteiger partial charge in [0.1, 0.15) is 11.8 Å². The minimum atomic E-state index is -0.994. The van der Waals surface area contributed by atoms with Crippen LogP contribution < -0.4 is 25.2 Å². The maximum atomic E-state index is 14.4. The number of amides is 3. The third-order valence-corrected chi connectivity index (χ3v) is 8.22. The van der Waals surface area contributed by atoms with E-state index in [-0.39, 0.29) is 37.2 Å². The summed E-state index contributed by atoms with van der Waals surface area (Å²) >= 11 is 3.64. The number of hydrogen-bond donors (Lipinski definition) is 2. The Morgan fingerprint density at radius 3 is 2.55 bits per heavy atom. The number of para-hydroxylation sites is 2. The van der Waals surface area contributed by atoms with Crippen LogP contribution in [0.25, 0.3) is 10.8 Å². The van der Waals surface area contributed by atoms with Crippen LogP contribution in [0, 0.1) is 0 Å². The Balaban J connectivity index is 1.62. The molecule has 42 heavy (non-hydrogen) atoms. The number of nitrogens with zero attached hydrogens (tertiary/aromatic N) is 3. The molecule has 2 unspecified atom stereocenters. The average Bonchev–Trinajstić information content (AvgIpc) is 3.12. The maximum Gasteiger partial charge on any atom is 0.251 e. The van der Waals surface area contributed by atoms with Gasteiger partial charge in [-0.15, -0.1) is 0 Å². The zero-order chi connectivity index (χ0) is 29.8. The van der Waals surface area contributed by atoms with E-state index in [1.54, 1.807) is 49.3 Å². The lowest BCUT2D eigenvalue weighted by molar-refractivity contribution is -0.128. The Labute approximate surface area is 253 Å². The highest BCUT2D eigenvalue weighted by Gasteiger charge is 2.37. The standard InChI is InChI=1S/C32H32BrN5O4/c1-20(34-2)31(40)36-26-19-37(30(39)16-21-8-7-15-35-17-21)27-11-4-5-12-28(27)38(32(26)41)18-24-22-9-6-10-25(33)23(22)13-14-29(24)42-3/h4-15,17,20,26,34H,16,18-19H2,1-3H3,(H,36,40). The summed E-state index contributed by atoms with van der Waals surface area (Å²) in [6, 6.07) is 19.2. The largest absolute Gasteiger partial charge is 0.496 e. The van der Waals surface area contributed by atoms with Crippen LogP contribution in [-0.2, 0) is 27.3 Å². The highest BCUT2D eigenvalue weighted by molar-refractivity contribution is 9.10. The van der Waals surface area contributed by atoms with Gasteiger partial charge in [0.15, 0.2) is 0 Å². The monoisotopic (exact) mass is 629 g/mol. The predicted molar refractivity (Wildman–Crippen MR) is 167 cm³/mol. The van der Waals surface area contributed by atoms with Crippen LogP contribution in [0.3, 0.4) is 0 Å². The van der Waals surface area contributed by atoms with Gasteiger partial charge in [-0.1, -0.05) is 46.3 Å². The molecule has 1 aromatic heterocycles. The minimum Gasteiger partial charge on any atom is -0.496 e. The SMILES string of the molecule is CNC(C)C(=O)NC1CN(C(=O)Cc2cccnc2)c2ccccc2N(Cc2c(OC)ccc3c(Br)cccc23)C1=O. The van der Waals surface area contributed by atoms with Crippen molar-refractivity contribution < 1.29 is 19.1 Å². The number of hydrogen-bond acceptors (Lipinski definition) is 6. The van der Waals surface area contributed by atoms with Crippen molar-refractivity contribution in [3.8, 4) is 5.75 Å². The smallest absolute Gasteiger partial charge is 0.251 e. The molecule has 4 aromatic rings. The van der Waals surface area contributed by atoms with Gasteiger partial charge in [0.05, 0.1) is 44.0 Å². The molecule has 2 atom stereocenters. The first-order valence-electron chi connectivity index (χ1n) is 13.6. The van der Waals surface area contributed by atoms with Crippen LogP contribution in [0.4, 0.5) is 11.4 Å². The van der Waals surface area contributed by atoms with Gasteiger partial charge in [-0.2, -0.15) is 0 Å². The average molecular weight is 631 g/mol. The number of likely N-dealkylation sites (N-methyl/N-ethyl adjacent to an activating group) is 1. The molecule has 0 fully saturated rings. The summed E-state index contributed by atoms with van der Waals surface area (Å²) < 4.78 is 6.67. The van der Waals surface area contributed by atoms with E-state index in [1.807, 2.05) is 60.7 Å². The van der Waals surface area contributed by atoms with Crippen molar-refractivity contribution >= 4 is 55.8 Å². The highest BCUT2D eigenvalue weighted by atomic mass is 79.9. The summed E-state index contributed by atoms with van der Waals surface area (Å²) in [5.74, 6) is -0.250. The zero-order valence-corrected chi connectivity index (χ0v) is 25.2. The first kappa shape index (κ1) is 29.2. The lowest BCUT2D eigenvalue weighted by Crippen LogP contribution is -2.55. The van der Waals surface area contributed by atoms with Crippen LogP contribution in [0.2, 0.25) is 0 Å². The topological polar surface area (TPSA) is 104 Å². The van der Waals surface area contributed by atoms with Gasteiger partial charge in [-0.05, 0) is 66.7 Å². The number of halogens is 1. The maximum absolute atomic E-state index is 14.4. The number of methoxy groups -OCH3 is 1. The molecule has 2 N–H and O–H groups in total. The molecular weight excluding hydrogens is 598 g/mol. The fourth-order valence-corrected chi connectivity index (χ4v) is 5.67. The Morgan fingerprint density at radius 1 is 1.05 bits per heavy atom. The molecule has 0 saturated carbocycles. The number of carbonyl (C=O) groups excluding carboxylic acids is 3. The summed E-state index contributed by atoms with van der Waals surface area (Å²) in [6.07, 6.45) is 3.40. The molecule has 5 rings (SSSR count). The van der Waals surface area contributed by atoms with Gasteiger partial charge in [-0.3, -0.25) is 19.4 Å². The number of rotatable bonds is 8. The second kappa shape index (κ2) is 12.7. The Morgan fingerprint density at radius 2 is 1.83 bits per heavy atom. The van der Waals surface area contributed by atoms with Crippen molar-refractivity contribution in [2.24, 2.45) is 0 Å². The van der Waals surface area contributed by atoms with Crippen LogP contribution >= 0.6 is 15.9 Å². The van der Waals surface area contributed by atoms with Crippen LogP contribution in [-0.4, -0.2) is 55.5 Å². The normalized spacial score (nSPS) is 15.6. The van der Waals surface area contributed by atoms with E-state index in [1.165, 1.54) is 0 Å². The molecule has 3 amide bonds. The van der Waals surface area contributed by atoms with Crippen molar-refractivity contribution in [2.75, 3.05) is 30.5 Å². The fourth-order valence-electron chi connectivity index (χ4n) is 5.17. The Bertz CT molecular complexity index is 1630. The van der Waals surface area contributed by atoms with Gasteiger partial charge in [0, 0.05) is 22.4 Å². The van der Waals surface area contributed by atoms with E-state index in [0.29, 0.717) is 17.1 Å². The molecule has 0 spiro atoms. The molecule has 216 valence electrons. The van der Waals surface area contributed by atoms with Crippen molar-refractivity contribution in [3.05, 3.63) is 94.7 Å².